The largest absolute Gasteiger partial charge is 0.493 e. The second kappa shape index (κ2) is 3.69. The fourth-order valence-electron chi connectivity index (χ4n) is 3.61. The first-order valence-corrected chi connectivity index (χ1v) is 7.25. The Morgan fingerprint density at radius 3 is 2.45 bits per heavy atom. The first-order valence-electron chi connectivity index (χ1n) is 7.25. The third-order valence-corrected chi connectivity index (χ3v) is 4.85. The zero-order chi connectivity index (χ0) is 14.1. The van der Waals surface area contributed by atoms with E-state index in [0.717, 1.165) is 5.75 Å². The van der Waals surface area contributed by atoms with Crippen molar-refractivity contribution < 1.29 is 4.74 Å². The van der Waals surface area contributed by atoms with E-state index >= 15 is 0 Å². The van der Waals surface area contributed by atoms with Crippen LogP contribution in [0.25, 0.3) is 16.8 Å². The molecule has 0 saturated carbocycles. The molecule has 0 spiro atoms. The van der Waals surface area contributed by atoms with Crippen LogP contribution in [0.1, 0.15) is 49.3 Å². The highest BCUT2D eigenvalue weighted by Crippen LogP contribution is 2.56. The van der Waals surface area contributed by atoms with Crippen molar-refractivity contribution in [2.24, 2.45) is 0 Å². The molecule has 0 aromatic heterocycles. The highest BCUT2D eigenvalue weighted by molar-refractivity contribution is 6.17. The molecule has 0 saturated heterocycles. The summed E-state index contributed by atoms with van der Waals surface area (Å²) in [5.74, 6) is 2.11. The predicted octanol–water partition coefficient (Wildman–Crippen LogP) is 4.35. The summed E-state index contributed by atoms with van der Waals surface area (Å²) in [4.78, 5) is 0. The van der Waals surface area contributed by atoms with Gasteiger partial charge in [-0.25, -0.2) is 0 Å². The Hall–Kier alpha value is -1.70. The first-order chi connectivity index (χ1) is 9.49. The zero-order valence-electron chi connectivity index (χ0n) is 12.1. The lowest BCUT2D eigenvalue weighted by atomic mass is 9.66. The molecular weight excluding hydrogens is 243 g/mol. The summed E-state index contributed by atoms with van der Waals surface area (Å²) in [5, 5.41) is 2.63. The fraction of sp³-hybridized carbons (Fsp3) is 0.333. The maximum atomic E-state index is 6.15. The van der Waals surface area contributed by atoms with Crippen LogP contribution in [0, 0.1) is 0 Å². The van der Waals surface area contributed by atoms with E-state index in [2.05, 4.69) is 44.2 Å². The second-order valence-electron chi connectivity index (χ2n) is 6.31. The van der Waals surface area contributed by atoms with Gasteiger partial charge in [0, 0.05) is 11.1 Å². The van der Waals surface area contributed by atoms with Gasteiger partial charge in [-0.15, -0.1) is 0 Å². The van der Waals surface area contributed by atoms with Crippen molar-refractivity contribution in [1.82, 2.24) is 0 Å². The van der Waals surface area contributed by atoms with Crippen LogP contribution in [-0.4, -0.2) is 13.3 Å². The van der Waals surface area contributed by atoms with Crippen LogP contribution in [0.2, 0.25) is 0 Å². The zero-order valence-corrected chi connectivity index (χ0v) is 12.1. The molecule has 2 aromatic carbocycles. The molecular formula is C18H17BO. The maximum Gasteiger partial charge on any atom is 0.137 e. The predicted molar refractivity (Wildman–Crippen MR) is 84.6 cm³/mol. The number of hydrogen-bond acceptors (Lipinski definition) is 1. The lowest BCUT2D eigenvalue weighted by molar-refractivity contribution is 0.218. The highest BCUT2D eigenvalue weighted by atomic mass is 16.5. The molecule has 1 aliphatic carbocycles. The van der Waals surface area contributed by atoms with Crippen LogP contribution in [0.5, 0.6) is 5.75 Å². The van der Waals surface area contributed by atoms with Crippen molar-refractivity contribution in [3.05, 3.63) is 47.0 Å². The van der Waals surface area contributed by atoms with Gasteiger partial charge in [-0.2, -0.15) is 0 Å². The molecule has 1 heterocycles. The lowest BCUT2D eigenvalue weighted by Gasteiger charge is -2.42. The van der Waals surface area contributed by atoms with E-state index in [1.54, 1.807) is 0 Å². The van der Waals surface area contributed by atoms with Crippen molar-refractivity contribution in [3.63, 3.8) is 0 Å². The number of rotatable bonds is 0. The van der Waals surface area contributed by atoms with Crippen molar-refractivity contribution in [3.8, 4) is 5.75 Å². The van der Waals surface area contributed by atoms with Crippen molar-refractivity contribution in [2.45, 2.75) is 38.1 Å². The summed E-state index contributed by atoms with van der Waals surface area (Å²) in [6, 6.07) is 8.61. The summed E-state index contributed by atoms with van der Waals surface area (Å²) >= 11 is 0. The maximum absolute atomic E-state index is 6.15. The van der Waals surface area contributed by atoms with Crippen LogP contribution in [-0.2, 0) is 0 Å². The molecule has 20 heavy (non-hydrogen) atoms. The third-order valence-electron chi connectivity index (χ3n) is 4.85. The summed E-state index contributed by atoms with van der Waals surface area (Å²) in [6.07, 6.45) is 4.07. The van der Waals surface area contributed by atoms with E-state index in [0.29, 0.717) is 11.8 Å². The quantitative estimate of drug-likeness (QED) is 0.640. The van der Waals surface area contributed by atoms with Crippen molar-refractivity contribution in [2.75, 3.05) is 0 Å². The molecule has 0 bridgehead atoms. The average Bonchev–Trinajstić information content (AvgIpc) is 2.43. The van der Waals surface area contributed by atoms with E-state index in [1.807, 2.05) is 13.0 Å². The smallest absolute Gasteiger partial charge is 0.137 e. The monoisotopic (exact) mass is 260 g/mol. The Kier molecular flexibility index (Phi) is 2.23. The average molecular weight is 260 g/mol. The number of fused-ring (bicyclic) bond motifs is 6. The van der Waals surface area contributed by atoms with Crippen LogP contribution in [0.4, 0.5) is 0 Å². The minimum Gasteiger partial charge on any atom is -0.493 e. The third kappa shape index (κ3) is 1.40. The minimum atomic E-state index is -0.707. The molecule has 4 rings (SSSR count). The molecule has 2 heteroatoms. The molecule has 0 amide bonds. The first kappa shape index (κ1) is 12.1. The van der Waals surface area contributed by atoms with Crippen molar-refractivity contribution in [1.29, 1.82) is 0 Å². The van der Waals surface area contributed by atoms with Crippen LogP contribution in [0.15, 0.2) is 30.3 Å². The van der Waals surface area contributed by atoms with E-state index in [1.165, 1.54) is 27.5 Å². The number of benzene rings is 2. The van der Waals surface area contributed by atoms with Crippen LogP contribution in [0.3, 0.4) is 0 Å². The van der Waals surface area contributed by atoms with Gasteiger partial charge >= 0.3 is 0 Å². The lowest BCUT2D eigenvalue weighted by Crippen LogP contribution is -2.34. The van der Waals surface area contributed by atoms with Crippen molar-refractivity contribution >= 4 is 24.7 Å². The standard InChI is InChI=1S/C18H17BO/c1-10-11(2)16-15(10)13-7-5-4-6-12(13)14-8-9-18(3,19)20-17(14)16/h4-11H,1-3H3/t10?,11?,18-/m0/s1. The Morgan fingerprint density at radius 2 is 1.70 bits per heavy atom. The van der Waals surface area contributed by atoms with Gasteiger partial charge in [-0.3, -0.25) is 0 Å². The van der Waals surface area contributed by atoms with Gasteiger partial charge in [0.05, 0.1) is 5.50 Å². The fourth-order valence-corrected chi connectivity index (χ4v) is 3.61. The van der Waals surface area contributed by atoms with Gasteiger partial charge in [-0.05, 0) is 35.1 Å². The number of hydrogen-bond donors (Lipinski definition) is 0. The molecule has 2 radical (unpaired) electrons. The van der Waals surface area contributed by atoms with E-state index < -0.39 is 5.50 Å². The molecule has 2 unspecified atom stereocenters. The van der Waals surface area contributed by atoms with Gasteiger partial charge < -0.3 is 4.74 Å². The van der Waals surface area contributed by atoms with Gasteiger partial charge in [0.2, 0.25) is 0 Å². The molecule has 2 aromatic rings. The normalized spacial score (nSPS) is 30.4. The molecule has 3 atom stereocenters. The van der Waals surface area contributed by atoms with Gasteiger partial charge in [-0.1, -0.05) is 50.3 Å². The SMILES string of the molecule is [B][C@]1(C)C=Cc2c(c3c(c4ccccc24)C(C)C3C)O1. The molecule has 2 aliphatic rings. The van der Waals surface area contributed by atoms with Gasteiger partial charge in [0.25, 0.3) is 0 Å². The Bertz CT molecular complexity index is 758. The Balaban J connectivity index is 2.13. The summed E-state index contributed by atoms with van der Waals surface area (Å²) < 4.78 is 6.10. The van der Waals surface area contributed by atoms with Crippen LogP contribution < -0.4 is 4.74 Å². The molecule has 1 nitrogen and oxygen atoms in total. The number of ether oxygens (including phenoxy) is 1. The van der Waals surface area contributed by atoms with Crippen LogP contribution >= 0.6 is 0 Å². The Labute approximate surface area is 121 Å². The molecule has 98 valence electrons. The summed E-state index contributed by atoms with van der Waals surface area (Å²) in [6.45, 7) is 6.48. The summed E-state index contributed by atoms with van der Waals surface area (Å²) in [7, 11) is 6.15. The topological polar surface area (TPSA) is 9.23 Å². The minimum absolute atomic E-state index is 0.533. The molecule has 0 fully saturated rings. The van der Waals surface area contributed by atoms with Gasteiger partial charge in [0.1, 0.15) is 13.6 Å². The summed E-state index contributed by atoms with van der Waals surface area (Å²) in [5.41, 5.74) is 3.27. The van der Waals surface area contributed by atoms with Gasteiger partial charge in [0.15, 0.2) is 0 Å². The van der Waals surface area contributed by atoms with E-state index in [-0.39, 0.29) is 0 Å². The second-order valence-corrected chi connectivity index (χ2v) is 6.31. The molecule has 0 N–H and O–H groups in total. The highest BCUT2D eigenvalue weighted by Gasteiger charge is 2.39. The van der Waals surface area contributed by atoms with E-state index in [4.69, 9.17) is 12.6 Å². The Morgan fingerprint density at radius 1 is 1.05 bits per heavy atom. The molecule has 1 aliphatic heterocycles. The van der Waals surface area contributed by atoms with E-state index in [9.17, 15) is 0 Å².